The van der Waals surface area contributed by atoms with Gasteiger partial charge in [-0.3, -0.25) is 14.5 Å². The summed E-state index contributed by atoms with van der Waals surface area (Å²) in [4.78, 5) is 27.8. The van der Waals surface area contributed by atoms with Gasteiger partial charge < -0.3 is 14.6 Å². The van der Waals surface area contributed by atoms with Crippen LogP contribution in [0.2, 0.25) is 0 Å². The van der Waals surface area contributed by atoms with Crippen molar-refractivity contribution in [2.45, 2.75) is 6.04 Å². The summed E-state index contributed by atoms with van der Waals surface area (Å²) in [5.74, 6) is -1.60. The van der Waals surface area contributed by atoms with Gasteiger partial charge in [0.15, 0.2) is 11.5 Å². The second-order valence-corrected chi connectivity index (χ2v) is 7.12. The van der Waals surface area contributed by atoms with Crippen LogP contribution in [0.3, 0.4) is 0 Å². The Bertz CT molecular complexity index is 1220. The average molecular weight is 433 g/mol. The van der Waals surface area contributed by atoms with Crippen molar-refractivity contribution in [1.29, 1.82) is 0 Å². The highest BCUT2D eigenvalue weighted by Crippen LogP contribution is 2.44. The molecular weight excluding hydrogens is 413 g/mol. The number of hydrogen-bond donors (Lipinski definition) is 1. The summed E-state index contributed by atoms with van der Waals surface area (Å²) in [5, 5.41) is 10.8. The third kappa shape index (κ3) is 3.58. The van der Waals surface area contributed by atoms with Crippen molar-refractivity contribution >= 4 is 17.4 Å². The van der Waals surface area contributed by atoms with Gasteiger partial charge in [0.2, 0.25) is 0 Å². The van der Waals surface area contributed by atoms with Gasteiger partial charge in [0, 0.05) is 16.8 Å². The summed E-state index contributed by atoms with van der Waals surface area (Å²) in [6.07, 6.45) is 0. The second kappa shape index (κ2) is 8.55. The van der Waals surface area contributed by atoms with Gasteiger partial charge in [-0.15, -0.1) is 0 Å². The second-order valence-electron chi connectivity index (χ2n) is 7.12. The number of hydrogen-bond acceptors (Lipinski definition) is 5. The molecule has 1 heterocycles. The molecule has 0 radical (unpaired) electrons. The van der Waals surface area contributed by atoms with E-state index in [2.05, 4.69) is 0 Å². The zero-order valence-electron chi connectivity index (χ0n) is 17.4. The summed E-state index contributed by atoms with van der Waals surface area (Å²) >= 11 is 0. The van der Waals surface area contributed by atoms with Gasteiger partial charge in [0.1, 0.15) is 17.3 Å². The first kappa shape index (κ1) is 21.1. The van der Waals surface area contributed by atoms with E-state index >= 15 is 0 Å². The molecule has 1 aliphatic rings. The van der Waals surface area contributed by atoms with Crippen LogP contribution in [0.5, 0.6) is 11.5 Å². The van der Waals surface area contributed by atoms with Crippen molar-refractivity contribution in [2.75, 3.05) is 19.1 Å². The number of rotatable bonds is 6. The lowest BCUT2D eigenvalue weighted by Crippen LogP contribution is -2.31. The molecule has 6 nitrogen and oxygen atoms in total. The minimum Gasteiger partial charge on any atom is -0.503 e. The fraction of sp³-hybridized carbons (Fsp3) is 0.120. The number of halogens is 1. The number of benzene rings is 3. The number of ether oxygens (including phenoxy) is 2. The zero-order valence-corrected chi connectivity index (χ0v) is 17.4. The van der Waals surface area contributed by atoms with E-state index in [9.17, 15) is 19.1 Å². The minimum absolute atomic E-state index is 0.117. The van der Waals surface area contributed by atoms with Crippen LogP contribution in [0, 0.1) is 5.82 Å². The lowest BCUT2D eigenvalue weighted by atomic mass is 9.92. The zero-order chi connectivity index (χ0) is 22.8. The van der Waals surface area contributed by atoms with Crippen LogP contribution in [0.4, 0.5) is 10.1 Å². The molecule has 3 aromatic carbocycles. The third-order valence-electron chi connectivity index (χ3n) is 5.32. The van der Waals surface area contributed by atoms with Crippen LogP contribution in [-0.2, 0) is 4.79 Å². The highest BCUT2D eigenvalue weighted by molar-refractivity contribution is 6.21. The Kier molecular flexibility index (Phi) is 5.64. The highest BCUT2D eigenvalue weighted by Gasteiger charge is 2.45. The maximum Gasteiger partial charge on any atom is 0.294 e. The Morgan fingerprint density at radius 3 is 2.34 bits per heavy atom. The summed E-state index contributed by atoms with van der Waals surface area (Å²) in [7, 11) is 2.98. The number of aliphatic hydroxyl groups is 1. The van der Waals surface area contributed by atoms with Gasteiger partial charge in [-0.2, -0.15) is 0 Å². The van der Waals surface area contributed by atoms with Crippen molar-refractivity contribution in [3.05, 3.63) is 101 Å². The molecule has 0 saturated heterocycles. The molecule has 0 aromatic heterocycles. The van der Waals surface area contributed by atoms with Crippen molar-refractivity contribution in [3.63, 3.8) is 0 Å². The lowest BCUT2D eigenvalue weighted by Gasteiger charge is -2.28. The minimum atomic E-state index is -1.02. The van der Waals surface area contributed by atoms with E-state index in [0.29, 0.717) is 17.1 Å². The van der Waals surface area contributed by atoms with Gasteiger partial charge in [-0.25, -0.2) is 4.39 Å². The first-order valence-electron chi connectivity index (χ1n) is 9.80. The Hall–Kier alpha value is -4.13. The number of methoxy groups -OCH3 is 2. The molecule has 0 bridgehead atoms. The number of carbonyl (C=O) groups excluding carboxylic acids is 2. The summed E-state index contributed by atoms with van der Waals surface area (Å²) < 4.78 is 24.6. The maximum atomic E-state index is 14.0. The molecule has 0 spiro atoms. The van der Waals surface area contributed by atoms with E-state index in [1.54, 1.807) is 48.5 Å². The molecule has 1 aliphatic heterocycles. The number of carbonyl (C=O) groups is 2. The Morgan fingerprint density at radius 1 is 0.969 bits per heavy atom. The summed E-state index contributed by atoms with van der Waals surface area (Å²) in [5.41, 5.74) is 0.832. The van der Waals surface area contributed by atoms with E-state index in [-0.39, 0.29) is 16.8 Å². The molecule has 0 fully saturated rings. The summed E-state index contributed by atoms with van der Waals surface area (Å²) in [6, 6.07) is 17.6. The third-order valence-corrected chi connectivity index (χ3v) is 5.32. The SMILES string of the molecule is COc1ccc(C(=O)C2=C(O)C(=O)N(c3cccc(F)c3)C2c2ccccc2OC)cc1. The van der Waals surface area contributed by atoms with E-state index in [1.165, 1.54) is 43.4 Å². The lowest BCUT2D eigenvalue weighted by molar-refractivity contribution is -0.117. The summed E-state index contributed by atoms with van der Waals surface area (Å²) in [6.45, 7) is 0. The number of ketones is 1. The fourth-order valence-corrected chi connectivity index (χ4v) is 3.81. The van der Waals surface area contributed by atoms with Crippen LogP contribution >= 0.6 is 0 Å². The largest absolute Gasteiger partial charge is 0.503 e. The van der Waals surface area contributed by atoms with Gasteiger partial charge in [-0.1, -0.05) is 24.3 Å². The van der Waals surface area contributed by atoms with Crippen molar-refractivity contribution < 1.29 is 28.6 Å². The first-order valence-corrected chi connectivity index (χ1v) is 9.80. The van der Waals surface area contributed by atoms with Crippen molar-refractivity contribution in [3.8, 4) is 11.5 Å². The Labute approximate surface area is 184 Å². The van der Waals surface area contributed by atoms with Crippen LogP contribution in [-0.4, -0.2) is 31.0 Å². The van der Waals surface area contributed by atoms with Gasteiger partial charge in [-0.05, 0) is 48.5 Å². The molecule has 32 heavy (non-hydrogen) atoms. The smallest absolute Gasteiger partial charge is 0.294 e. The monoisotopic (exact) mass is 433 g/mol. The quantitative estimate of drug-likeness (QED) is 0.574. The van der Waals surface area contributed by atoms with E-state index in [1.807, 2.05) is 0 Å². The number of para-hydroxylation sites is 1. The number of anilines is 1. The Balaban J connectivity index is 1.89. The number of aliphatic hydroxyl groups excluding tert-OH is 1. The van der Waals surface area contributed by atoms with Crippen LogP contribution < -0.4 is 14.4 Å². The van der Waals surface area contributed by atoms with E-state index < -0.39 is 29.3 Å². The number of amides is 1. The number of Topliss-reactive ketones (excluding diaryl/α,β-unsaturated/α-hetero) is 1. The Morgan fingerprint density at radius 2 is 1.69 bits per heavy atom. The standard InChI is InChI=1S/C25H20FNO5/c1-31-18-12-10-15(11-13-18)23(28)21-22(19-8-3-4-9-20(19)32-2)27(25(30)24(21)29)17-7-5-6-16(26)14-17/h3-14,22,29H,1-2H3. The van der Waals surface area contributed by atoms with Gasteiger partial charge >= 0.3 is 0 Å². The molecular formula is C25H20FNO5. The molecule has 7 heteroatoms. The molecule has 0 aliphatic carbocycles. The maximum absolute atomic E-state index is 14.0. The topological polar surface area (TPSA) is 76.1 Å². The molecule has 4 rings (SSSR count). The normalized spacial score (nSPS) is 15.8. The predicted molar refractivity (Wildman–Crippen MR) is 117 cm³/mol. The predicted octanol–water partition coefficient (Wildman–Crippen LogP) is 4.63. The number of nitrogens with zero attached hydrogens (tertiary/aromatic N) is 1. The molecule has 3 aromatic rings. The molecule has 1 amide bonds. The molecule has 1 atom stereocenters. The van der Waals surface area contributed by atoms with Gasteiger partial charge in [0.25, 0.3) is 5.91 Å². The van der Waals surface area contributed by atoms with Crippen LogP contribution in [0.25, 0.3) is 0 Å². The van der Waals surface area contributed by atoms with Crippen molar-refractivity contribution in [1.82, 2.24) is 0 Å². The molecule has 1 unspecified atom stereocenters. The van der Waals surface area contributed by atoms with E-state index in [0.717, 1.165) is 0 Å². The van der Waals surface area contributed by atoms with Crippen molar-refractivity contribution in [2.24, 2.45) is 0 Å². The van der Waals surface area contributed by atoms with Crippen LogP contribution in [0.15, 0.2) is 84.1 Å². The average Bonchev–Trinajstić information content (AvgIpc) is 3.09. The first-order chi connectivity index (χ1) is 15.5. The fourth-order valence-electron chi connectivity index (χ4n) is 3.81. The van der Waals surface area contributed by atoms with Gasteiger partial charge in [0.05, 0.1) is 25.8 Å². The van der Waals surface area contributed by atoms with Crippen LogP contribution in [0.1, 0.15) is 22.0 Å². The molecule has 162 valence electrons. The molecule has 1 N–H and O–H groups in total. The highest BCUT2D eigenvalue weighted by atomic mass is 19.1. The van der Waals surface area contributed by atoms with E-state index in [4.69, 9.17) is 9.47 Å². The molecule has 0 saturated carbocycles.